The number of carbonyl (C=O) groups excluding carboxylic acids is 1. The Morgan fingerprint density at radius 1 is 1.07 bits per heavy atom. The summed E-state index contributed by atoms with van der Waals surface area (Å²) in [7, 11) is 3.32. The molecule has 0 bridgehead atoms. The number of fused-ring (bicyclic) bond motifs is 3. The molecule has 9 nitrogen and oxygen atoms in total. The molecule has 0 radical (unpaired) electrons. The number of ether oxygens (including phenoxy) is 2. The number of aliphatic hydroxyl groups is 1. The molecule has 41 heavy (non-hydrogen) atoms. The molecule has 6 rings (SSSR count). The predicted octanol–water partition coefficient (Wildman–Crippen LogP) is 4.95. The Bertz CT molecular complexity index is 1450. The van der Waals surface area contributed by atoms with Gasteiger partial charge in [0.15, 0.2) is 5.82 Å². The lowest BCUT2D eigenvalue weighted by atomic mass is 9.82. The number of rotatable bonds is 6. The van der Waals surface area contributed by atoms with E-state index in [9.17, 15) is 9.90 Å². The van der Waals surface area contributed by atoms with Gasteiger partial charge in [0.25, 0.3) is 0 Å². The Morgan fingerprint density at radius 3 is 2.41 bits per heavy atom. The van der Waals surface area contributed by atoms with Crippen LogP contribution >= 0.6 is 0 Å². The van der Waals surface area contributed by atoms with Crippen LogP contribution in [0.25, 0.3) is 11.4 Å². The number of likely N-dealkylation sites (N-methyl/N-ethyl adjacent to an activating group) is 1. The monoisotopic (exact) mass is 555 g/mol. The zero-order valence-electron chi connectivity index (χ0n) is 24.1. The minimum absolute atomic E-state index is 0.0273. The molecule has 4 heterocycles. The van der Waals surface area contributed by atoms with Gasteiger partial charge in [-0.05, 0) is 31.4 Å². The number of aromatic nitrogens is 2. The summed E-state index contributed by atoms with van der Waals surface area (Å²) in [6.45, 7) is 6.56. The van der Waals surface area contributed by atoms with E-state index in [0.29, 0.717) is 43.3 Å². The summed E-state index contributed by atoms with van der Waals surface area (Å²) >= 11 is 0. The SMILES string of the molecule is CCN1C(=O)N2Cc3cc(OC)cc(OC)c3C(C)C=C2C12CCN(C(O)c1cnc(-c3ccccc3)nc1)CC2. The van der Waals surface area contributed by atoms with E-state index in [1.54, 1.807) is 26.6 Å². The highest BCUT2D eigenvalue weighted by Gasteiger charge is 2.55. The minimum atomic E-state index is -0.816. The molecule has 2 amide bonds. The summed E-state index contributed by atoms with van der Waals surface area (Å²) in [5, 5.41) is 11.3. The molecule has 1 aromatic heterocycles. The number of hydrogen-bond acceptors (Lipinski definition) is 7. The molecule has 1 N–H and O–H groups in total. The molecule has 3 aromatic rings. The number of urea groups is 1. The van der Waals surface area contributed by atoms with Crippen LogP contribution in [0.4, 0.5) is 4.79 Å². The van der Waals surface area contributed by atoms with Gasteiger partial charge < -0.3 is 19.5 Å². The molecule has 2 unspecified atom stereocenters. The number of carbonyl (C=O) groups is 1. The van der Waals surface area contributed by atoms with Crippen molar-refractivity contribution in [2.75, 3.05) is 33.9 Å². The third-order valence-electron chi connectivity index (χ3n) is 8.88. The summed E-state index contributed by atoms with van der Waals surface area (Å²) in [5.41, 5.74) is 4.35. The number of piperidine rings is 1. The normalized spacial score (nSPS) is 20.8. The first-order chi connectivity index (χ1) is 19.9. The van der Waals surface area contributed by atoms with E-state index in [2.05, 4.69) is 27.9 Å². The van der Waals surface area contributed by atoms with E-state index in [4.69, 9.17) is 9.47 Å². The van der Waals surface area contributed by atoms with Gasteiger partial charge in [-0.3, -0.25) is 9.80 Å². The molecule has 9 heteroatoms. The van der Waals surface area contributed by atoms with Crippen LogP contribution in [-0.2, 0) is 6.54 Å². The van der Waals surface area contributed by atoms with Gasteiger partial charge >= 0.3 is 6.03 Å². The fourth-order valence-corrected chi connectivity index (χ4v) is 6.82. The van der Waals surface area contributed by atoms with Crippen molar-refractivity contribution in [3.8, 4) is 22.9 Å². The highest BCUT2D eigenvalue weighted by Crippen LogP contribution is 2.49. The van der Waals surface area contributed by atoms with Gasteiger partial charge in [0, 0.05) is 66.4 Å². The molecule has 2 saturated heterocycles. The van der Waals surface area contributed by atoms with Crippen molar-refractivity contribution in [1.29, 1.82) is 0 Å². The van der Waals surface area contributed by atoms with Crippen LogP contribution in [0.3, 0.4) is 0 Å². The Labute approximate surface area is 241 Å². The Balaban J connectivity index is 1.25. The smallest absolute Gasteiger partial charge is 0.325 e. The van der Waals surface area contributed by atoms with Crippen molar-refractivity contribution >= 4 is 6.03 Å². The second kappa shape index (κ2) is 10.8. The lowest BCUT2D eigenvalue weighted by Crippen LogP contribution is -2.54. The van der Waals surface area contributed by atoms with Crippen molar-refractivity contribution in [3.63, 3.8) is 0 Å². The van der Waals surface area contributed by atoms with E-state index in [-0.39, 0.29) is 11.9 Å². The highest BCUT2D eigenvalue weighted by molar-refractivity contribution is 5.83. The number of nitrogens with zero attached hydrogens (tertiary/aromatic N) is 5. The molecule has 2 aromatic carbocycles. The number of amides is 2. The number of allylic oxidation sites excluding steroid dienone is 1. The molecular formula is C32H37N5O4. The van der Waals surface area contributed by atoms with Crippen LogP contribution < -0.4 is 9.47 Å². The van der Waals surface area contributed by atoms with Gasteiger partial charge in [-0.15, -0.1) is 0 Å². The van der Waals surface area contributed by atoms with Crippen molar-refractivity contribution < 1.29 is 19.4 Å². The average Bonchev–Trinajstić information content (AvgIpc) is 3.11. The number of likely N-dealkylation sites (tertiary alicyclic amines) is 1. The fourth-order valence-electron chi connectivity index (χ4n) is 6.82. The zero-order chi connectivity index (χ0) is 28.7. The van der Waals surface area contributed by atoms with Crippen LogP contribution in [-0.4, -0.2) is 75.2 Å². The Kier molecular flexibility index (Phi) is 7.17. The van der Waals surface area contributed by atoms with Gasteiger partial charge in [0.2, 0.25) is 0 Å². The van der Waals surface area contributed by atoms with Crippen LogP contribution in [0.5, 0.6) is 11.5 Å². The highest BCUT2D eigenvalue weighted by atomic mass is 16.5. The van der Waals surface area contributed by atoms with Gasteiger partial charge in [0.05, 0.1) is 26.3 Å². The fraction of sp³-hybridized carbons (Fsp3) is 0.406. The van der Waals surface area contributed by atoms with Crippen molar-refractivity contribution in [3.05, 3.63) is 83.3 Å². The van der Waals surface area contributed by atoms with Crippen LogP contribution in [0.15, 0.2) is 66.6 Å². The van der Waals surface area contributed by atoms with E-state index >= 15 is 0 Å². The predicted molar refractivity (Wildman–Crippen MR) is 155 cm³/mol. The van der Waals surface area contributed by atoms with Crippen molar-refractivity contribution in [2.45, 2.75) is 50.9 Å². The van der Waals surface area contributed by atoms with E-state index < -0.39 is 11.8 Å². The van der Waals surface area contributed by atoms with E-state index in [1.165, 1.54) is 0 Å². The standard InChI is InChI=1S/C32H37N5O4/c1-5-37-31(39)36-20-23-16-25(40-3)17-26(41-4)28(23)21(2)15-27(36)32(37)11-13-35(14-12-32)30(38)24-18-33-29(34-19-24)22-9-7-6-8-10-22/h6-10,15-19,21,30,38H,5,11-14,20H2,1-4H3. The van der Waals surface area contributed by atoms with Crippen LogP contribution in [0, 0.1) is 0 Å². The lowest BCUT2D eigenvalue weighted by molar-refractivity contribution is -0.0334. The van der Waals surface area contributed by atoms with Gasteiger partial charge in [-0.2, -0.15) is 0 Å². The molecule has 2 atom stereocenters. The first-order valence-corrected chi connectivity index (χ1v) is 14.3. The van der Waals surface area contributed by atoms with Gasteiger partial charge in [0.1, 0.15) is 17.7 Å². The van der Waals surface area contributed by atoms with Crippen molar-refractivity contribution in [2.24, 2.45) is 0 Å². The maximum absolute atomic E-state index is 13.9. The largest absolute Gasteiger partial charge is 0.497 e. The first kappa shape index (κ1) is 27.2. The number of benzene rings is 2. The molecule has 3 aliphatic rings. The molecule has 0 saturated carbocycles. The van der Waals surface area contributed by atoms with E-state index in [1.807, 2.05) is 59.2 Å². The first-order valence-electron chi connectivity index (χ1n) is 14.3. The summed E-state index contributed by atoms with van der Waals surface area (Å²) in [4.78, 5) is 28.9. The molecule has 2 fully saturated rings. The van der Waals surface area contributed by atoms with Crippen molar-refractivity contribution in [1.82, 2.24) is 24.7 Å². The second-order valence-corrected chi connectivity index (χ2v) is 11.0. The molecule has 3 aliphatic heterocycles. The summed E-state index contributed by atoms with van der Waals surface area (Å²) in [5.74, 6) is 2.17. The topological polar surface area (TPSA) is 91.3 Å². The number of methoxy groups -OCH3 is 2. The molecule has 0 aliphatic carbocycles. The van der Waals surface area contributed by atoms with Gasteiger partial charge in [-0.25, -0.2) is 14.8 Å². The van der Waals surface area contributed by atoms with Crippen LogP contribution in [0.1, 0.15) is 55.5 Å². The third kappa shape index (κ3) is 4.53. The van der Waals surface area contributed by atoms with E-state index in [0.717, 1.165) is 41.0 Å². The van der Waals surface area contributed by atoms with Crippen LogP contribution in [0.2, 0.25) is 0 Å². The lowest BCUT2D eigenvalue weighted by Gasteiger charge is -2.45. The Hall–Kier alpha value is -3.95. The third-order valence-corrected chi connectivity index (χ3v) is 8.88. The van der Waals surface area contributed by atoms with Gasteiger partial charge in [-0.1, -0.05) is 43.3 Å². The maximum atomic E-state index is 13.9. The Morgan fingerprint density at radius 2 is 1.78 bits per heavy atom. The molecule has 1 spiro atoms. The minimum Gasteiger partial charge on any atom is -0.497 e. The molecular weight excluding hydrogens is 518 g/mol. The average molecular weight is 556 g/mol. The second-order valence-electron chi connectivity index (χ2n) is 11.0. The number of aliphatic hydroxyl groups excluding tert-OH is 1. The zero-order valence-corrected chi connectivity index (χ0v) is 24.1. The summed E-state index contributed by atoms with van der Waals surface area (Å²) in [6, 6.07) is 13.8. The maximum Gasteiger partial charge on any atom is 0.325 e. The quantitative estimate of drug-likeness (QED) is 0.461. The number of hydrogen-bond donors (Lipinski definition) is 1. The summed E-state index contributed by atoms with van der Waals surface area (Å²) < 4.78 is 11.3. The molecule has 214 valence electrons. The summed E-state index contributed by atoms with van der Waals surface area (Å²) in [6.07, 6.45) is 6.28.